The molecule has 0 saturated heterocycles. The second kappa shape index (κ2) is 4.94. The molecule has 1 aliphatic rings. The lowest BCUT2D eigenvalue weighted by molar-refractivity contribution is -0.384. The molecule has 1 aromatic rings. The van der Waals surface area contributed by atoms with E-state index in [1.165, 1.54) is 0 Å². The van der Waals surface area contributed by atoms with Gasteiger partial charge in [-0.25, -0.2) is 0 Å². The van der Waals surface area contributed by atoms with Crippen LogP contribution in [0, 0.1) is 24.0 Å². The normalized spacial score (nSPS) is 23.1. The molecule has 0 aromatic heterocycles. The van der Waals surface area contributed by atoms with Crippen molar-refractivity contribution in [2.45, 2.75) is 45.2 Å². The van der Waals surface area contributed by atoms with Gasteiger partial charge in [0, 0.05) is 18.2 Å². The van der Waals surface area contributed by atoms with Crippen LogP contribution in [-0.4, -0.2) is 17.0 Å². The van der Waals surface area contributed by atoms with Crippen molar-refractivity contribution in [1.82, 2.24) is 0 Å². The Labute approximate surface area is 107 Å². The smallest absolute Gasteiger partial charge is 0.292 e. The number of benzene rings is 1. The van der Waals surface area contributed by atoms with E-state index in [4.69, 9.17) is 5.73 Å². The molecule has 5 nitrogen and oxygen atoms in total. The van der Waals surface area contributed by atoms with Crippen LogP contribution >= 0.6 is 0 Å². The van der Waals surface area contributed by atoms with Crippen LogP contribution in [-0.2, 0) is 0 Å². The molecule has 2 rings (SSSR count). The van der Waals surface area contributed by atoms with Gasteiger partial charge in [0.05, 0.1) is 4.92 Å². The lowest BCUT2D eigenvalue weighted by Crippen LogP contribution is -2.21. The summed E-state index contributed by atoms with van der Waals surface area (Å²) >= 11 is 0. The van der Waals surface area contributed by atoms with Gasteiger partial charge in [-0.15, -0.1) is 0 Å². The number of rotatable bonds is 3. The van der Waals surface area contributed by atoms with E-state index >= 15 is 0 Å². The predicted molar refractivity (Wildman–Crippen MR) is 71.8 cm³/mol. The number of nitrogens with two attached hydrogens (primary N) is 1. The molecule has 2 unspecified atom stereocenters. The van der Waals surface area contributed by atoms with Gasteiger partial charge in [-0.1, -0.05) is 0 Å². The van der Waals surface area contributed by atoms with Crippen LogP contribution < -0.4 is 11.1 Å². The first-order valence-corrected chi connectivity index (χ1v) is 6.25. The quantitative estimate of drug-likeness (QED) is 0.637. The van der Waals surface area contributed by atoms with E-state index in [9.17, 15) is 10.1 Å². The molecule has 3 N–H and O–H groups in total. The van der Waals surface area contributed by atoms with E-state index in [-0.39, 0.29) is 22.7 Å². The van der Waals surface area contributed by atoms with Crippen LogP contribution in [0.2, 0.25) is 0 Å². The maximum absolute atomic E-state index is 11.1. The Balaban J connectivity index is 2.25. The van der Waals surface area contributed by atoms with Gasteiger partial charge in [0.15, 0.2) is 0 Å². The SMILES string of the molecule is Cc1cc(NC2CCC(N)C2)c([N+](=O)[O-])cc1C. The number of nitrogens with one attached hydrogen (secondary N) is 1. The fourth-order valence-corrected chi connectivity index (χ4v) is 2.44. The summed E-state index contributed by atoms with van der Waals surface area (Å²) in [5.41, 5.74) is 8.62. The van der Waals surface area contributed by atoms with Crippen LogP contribution in [0.25, 0.3) is 0 Å². The van der Waals surface area contributed by atoms with E-state index in [1.54, 1.807) is 6.07 Å². The van der Waals surface area contributed by atoms with Gasteiger partial charge in [-0.05, 0) is 50.3 Å². The van der Waals surface area contributed by atoms with Gasteiger partial charge in [0.1, 0.15) is 5.69 Å². The molecule has 18 heavy (non-hydrogen) atoms. The third-order valence-electron chi connectivity index (χ3n) is 3.64. The minimum atomic E-state index is -0.330. The first kappa shape index (κ1) is 12.8. The Morgan fingerprint density at radius 1 is 1.33 bits per heavy atom. The largest absolute Gasteiger partial charge is 0.377 e. The van der Waals surface area contributed by atoms with Crippen LogP contribution in [0.5, 0.6) is 0 Å². The van der Waals surface area contributed by atoms with Gasteiger partial charge in [-0.3, -0.25) is 10.1 Å². The zero-order valence-electron chi connectivity index (χ0n) is 10.8. The molecule has 1 aliphatic carbocycles. The highest BCUT2D eigenvalue weighted by molar-refractivity contribution is 5.65. The summed E-state index contributed by atoms with van der Waals surface area (Å²) in [6, 6.07) is 3.96. The van der Waals surface area contributed by atoms with E-state index in [1.807, 2.05) is 19.9 Å². The van der Waals surface area contributed by atoms with E-state index in [2.05, 4.69) is 5.32 Å². The van der Waals surface area contributed by atoms with Crippen LogP contribution in [0.1, 0.15) is 30.4 Å². The average Bonchev–Trinajstić information content (AvgIpc) is 2.68. The van der Waals surface area contributed by atoms with Gasteiger partial charge in [-0.2, -0.15) is 0 Å². The van der Waals surface area contributed by atoms with Crippen molar-refractivity contribution in [2.24, 2.45) is 5.73 Å². The summed E-state index contributed by atoms with van der Waals surface area (Å²) in [6.45, 7) is 3.85. The molecule has 1 aromatic carbocycles. The Morgan fingerprint density at radius 3 is 2.56 bits per heavy atom. The number of hydrogen-bond acceptors (Lipinski definition) is 4. The van der Waals surface area contributed by atoms with Crippen molar-refractivity contribution in [1.29, 1.82) is 0 Å². The first-order chi connectivity index (χ1) is 8.47. The lowest BCUT2D eigenvalue weighted by Gasteiger charge is -2.15. The van der Waals surface area contributed by atoms with Crippen LogP contribution in [0.15, 0.2) is 12.1 Å². The molecule has 0 amide bonds. The van der Waals surface area contributed by atoms with Crippen LogP contribution in [0.4, 0.5) is 11.4 Å². The molecule has 2 atom stereocenters. The fourth-order valence-electron chi connectivity index (χ4n) is 2.44. The highest BCUT2D eigenvalue weighted by atomic mass is 16.6. The number of nitro benzene ring substituents is 1. The van der Waals surface area contributed by atoms with Gasteiger partial charge < -0.3 is 11.1 Å². The standard InChI is InChI=1S/C13H19N3O2/c1-8-5-12(13(16(17)18)6-9(8)2)15-11-4-3-10(14)7-11/h5-6,10-11,15H,3-4,7,14H2,1-2H3. The number of anilines is 1. The summed E-state index contributed by atoms with van der Waals surface area (Å²) in [5.74, 6) is 0. The minimum Gasteiger partial charge on any atom is -0.377 e. The Bertz CT molecular complexity index is 474. The molecule has 1 saturated carbocycles. The number of hydrogen-bond donors (Lipinski definition) is 2. The Morgan fingerprint density at radius 2 is 2.00 bits per heavy atom. The van der Waals surface area contributed by atoms with E-state index in [0.717, 1.165) is 30.4 Å². The molecule has 0 spiro atoms. The van der Waals surface area contributed by atoms with E-state index < -0.39 is 0 Å². The summed E-state index contributed by atoms with van der Waals surface area (Å²) in [7, 11) is 0. The molecule has 0 bridgehead atoms. The summed E-state index contributed by atoms with van der Waals surface area (Å²) in [4.78, 5) is 10.7. The van der Waals surface area contributed by atoms with Crippen LogP contribution in [0.3, 0.4) is 0 Å². The second-order valence-electron chi connectivity index (χ2n) is 5.13. The third-order valence-corrected chi connectivity index (χ3v) is 3.64. The third kappa shape index (κ3) is 2.61. The highest BCUT2D eigenvalue weighted by Gasteiger charge is 2.24. The molecule has 5 heteroatoms. The maximum Gasteiger partial charge on any atom is 0.292 e. The maximum atomic E-state index is 11.1. The first-order valence-electron chi connectivity index (χ1n) is 6.25. The van der Waals surface area contributed by atoms with Gasteiger partial charge in [0.25, 0.3) is 5.69 Å². The molecule has 0 heterocycles. The van der Waals surface area contributed by atoms with Crippen molar-refractivity contribution < 1.29 is 4.92 Å². The van der Waals surface area contributed by atoms with E-state index in [0.29, 0.717) is 5.69 Å². The van der Waals surface area contributed by atoms with Gasteiger partial charge in [0.2, 0.25) is 0 Å². The monoisotopic (exact) mass is 249 g/mol. The molecule has 98 valence electrons. The molecular formula is C13H19N3O2. The number of nitro groups is 1. The Kier molecular flexibility index (Phi) is 3.52. The zero-order valence-corrected chi connectivity index (χ0v) is 10.8. The average molecular weight is 249 g/mol. The van der Waals surface area contributed by atoms with Crippen molar-refractivity contribution in [3.8, 4) is 0 Å². The molecule has 0 aliphatic heterocycles. The fraction of sp³-hybridized carbons (Fsp3) is 0.538. The molecule has 1 fully saturated rings. The van der Waals surface area contributed by atoms with Crippen molar-refractivity contribution in [3.63, 3.8) is 0 Å². The summed E-state index contributed by atoms with van der Waals surface area (Å²) in [5, 5.41) is 14.3. The van der Waals surface area contributed by atoms with Gasteiger partial charge >= 0.3 is 0 Å². The highest BCUT2D eigenvalue weighted by Crippen LogP contribution is 2.31. The second-order valence-corrected chi connectivity index (χ2v) is 5.13. The minimum absolute atomic E-state index is 0.151. The number of aryl methyl sites for hydroxylation is 2. The lowest BCUT2D eigenvalue weighted by atomic mass is 10.1. The summed E-state index contributed by atoms with van der Waals surface area (Å²) in [6.07, 6.45) is 2.84. The van der Waals surface area contributed by atoms with Crippen molar-refractivity contribution >= 4 is 11.4 Å². The van der Waals surface area contributed by atoms with Crippen molar-refractivity contribution in [3.05, 3.63) is 33.4 Å². The Hall–Kier alpha value is -1.62. The number of nitrogens with zero attached hydrogens (tertiary/aromatic N) is 1. The van der Waals surface area contributed by atoms with Crippen molar-refractivity contribution in [2.75, 3.05) is 5.32 Å². The molecular weight excluding hydrogens is 230 g/mol. The zero-order chi connectivity index (χ0) is 13.3. The predicted octanol–water partition coefficient (Wildman–Crippen LogP) is 2.50. The molecule has 0 radical (unpaired) electrons. The topological polar surface area (TPSA) is 81.2 Å². The summed E-state index contributed by atoms with van der Waals surface area (Å²) < 4.78 is 0.